The van der Waals surface area contributed by atoms with Crippen LogP contribution in [0.25, 0.3) is 10.9 Å². The molecule has 0 bridgehead atoms. The third kappa shape index (κ3) is 2.39. The molecule has 20 heavy (non-hydrogen) atoms. The smallest absolute Gasteiger partial charge is 0.166 e. The van der Waals surface area contributed by atoms with Crippen LogP contribution in [0.4, 0.5) is 0 Å². The van der Waals surface area contributed by atoms with Crippen molar-refractivity contribution >= 4 is 28.2 Å². The van der Waals surface area contributed by atoms with Crippen molar-refractivity contribution in [1.82, 2.24) is 9.47 Å². The molecule has 106 valence electrons. The van der Waals surface area contributed by atoms with Gasteiger partial charge in [-0.05, 0) is 30.3 Å². The number of ether oxygens (including phenoxy) is 1. The Hall–Kier alpha value is -1.59. The van der Waals surface area contributed by atoms with Crippen LogP contribution < -0.4 is 5.73 Å². The average Bonchev–Trinajstić information content (AvgIpc) is 2.76. The number of nitrogens with zero attached hydrogens (tertiary/aromatic N) is 2. The van der Waals surface area contributed by atoms with Crippen LogP contribution in [-0.4, -0.2) is 40.4 Å². The van der Waals surface area contributed by atoms with E-state index in [2.05, 4.69) is 47.0 Å². The van der Waals surface area contributed by atoms with Crippen LogP contribution in [0.15, 0.2) is 30.5 Å². The standard InChI is InChI=1S/C15H19N3OS/c1-17-9-11(13-4-2-3-5-14(13)17)8-12-10-19-7-6-18(12)15(16)20/h2-5,9,12H,6-8,10H2,1H3,(H2,16,20)/t12-/m0/s1. The van der Waals surface area contributed by atoms with Gasteiger partial charge in [0.1, 0.15) is 0 Å². The van der Waals surface area contributed by atoms with Gasteiger partial charge in [0.15, 0.2) is 5.11 Å². The number of nitrogens with two attached hydrogens (primary N) is 1. The summed E-state index contributed by atoms with van der Waals surface area (Å²) in [6, 6.07) is 8.68. The lowest BCUT2D eigenvalue weighted by Gasteiger charge is -2.36. The second kappa shape index (κ2) is 5.42. The fourth-order valence-corrected chi connectivity index (χ4v) is 3.20. The van der Waals surface area contributed by atoms with E-state index in [0.717, 1.165) is 13.0 Å². The summed E-state index contributed by atoms with van der Waals surface area (Å²) >= 11 is 5.15. The molecular formula is C15H19N3OS. The first-order valence-corrected chi connectivity index (χ1v) is 7.24. The van der Waals surface area contributed by atoms with Crippen LogP contribution in [0, 0.1) is 0 Å². The summed E-state index contributed by atoms with van der Waals surface area (Å²) in [7, 11) is 2.08. The van der Waals surface area contributed by atoms with Crippen molar-refractivity contribution in [3.8, 4) is 0 Å². The Bertz CT molecular complexity index is 637. The third-order valence-electron chi connectivity index (χ3n) is 3.95. The highest BCUT2D eigenvalue weighted by molar-refractivity contribution is 7.80. The minimum atomic E-state index is 0.229. The Morgan fingerprint density at radius 2 is 2.25 bits per heavy atom. The quantitative estimate of drug-likeness (QED) is 0.854. The van der Waals surface area contributed by atoms with Crippen LogP contribution in [0.3, 0.4) is 0 Å². The molecule has 1 aliphatic heterocycles. The number of morpholine rings is 1. The summed E-state index contributed by atoms with van der Waals surface area (Å²) < 4.78 is 7.76. The molecule has 2 N–H and O–H groups in total. The SMILES string of the molecule is Cn1cc(C[C@H]2COCCN2C(N)=S)c2ccccc21. The molecule has 1 aromatic carbocycles. The maximum absolute atomic E-state index is 5.83. The van der Waals surface area contributed by atoms with Crippen LogP contribution in [0.5, 0.6) is 0 Å². The summed E-state index contributed by atoms with van der Waals surface area (Å²) in [6.07, 6.45) is 3.09. The van der Waals surface area contributed by atoms with Gasteiger partial charge < -0.3 is 19.9 Å². The molecule has 0 aliphatic carbocycles. The van der Waals surface area contributed by atoms with Gasteiger partial charge in [0.05, 0.1) is 19.3 Å². The second-order valence-electron chi connectivity index (χ2n) is 5.25. The summed E-state index contributed by atoms with van der Waals surface area (Å²) in [4.78, 5) is 2.08. The van der Waals surface area contributed by atoms with Gasteiger partial charge in [-0.25, -0.2) is 0 Å². The molecular weight excluding hydrogens is 270 g/mol. The van der Waals surface area contributed by atoms with E-state index >= 15 is 0 Å². The molecule has 0 unspecified atom stereocenters. The van der Waals surface area contributed by atoms with E-state index in [1.807, 2.05) is 0 Å². The Kier molecular flexibility index (Phi) is 3.63. The fourth-order valence-electron chi connectivity index (χ4n) is 2.96. The Labute approximate surface area is 124 Å². The zero-order valence-corrected chi connectivity index (χ0v) is 12.4. The van der Waals surface area contributed by atoms with Crippen molar-refractivity contribution in [2.24, 2.45) is 12.8 Å². The molecule has 3 rings (SSSR count). The number of para-hydroxylation sites is 1. The van der Waals surface area contributed by atoms with Gasteiger partial charge in [-0.1, -0.05) is 18.2 Å². The molecule has 1 saturated heterocycles. The van der Waals surface area contributed by atoms with E-state index in [9.17, 15) is 0 Å². The second-order valence-corrected chi connectivity index (χ2v) is 5.67. The van der Waals surface area contributed by atoms with Crippen molar-refractivity contribution < 1.29 is 4.74 Å². The van der Waals surface area contributed by atoms with Crippen LogP contribution >= 0.6 is 12.2 Å². The van der Waals surface area contributed by atoms with Gasteiger partial charge in [-0.15, -0.1) is 0 Å². The largest absolute Gasteiger partial charge is 0.377 e. The highest BCUT2D eigenvalue weighted by Gasteiger charge is 2.25. The summed E-state index contributed by atoms with van der Waals surface area (Å²) in [5.74, 6) is 0. The highest BCUT2D eigenvalue weighted by atomic mass is 32.1. The predicted octanol–water partition coefficient (Wildman–Crippen LogP) is 1.67. The van der Waals surface area contributed by atoms with Gasteiger partial charge in [-0.3, -0.25) is 0 Å². The highest BCUT2D eigenvalue weighted by Crippen LogP contribution is 2.23. The fraction of sp³-hybridized carbons (Fsp3) is 0.400. The van der Waals surface area contributed by atoms with E-state index in [-0.39, 0.29) is 6.04 Å². The van der Waals surface area contributed by atoms with E-state index in [0.29, 0.717) is 18.3 Å². The molecule has 0 amide bonds. The van der Waals surface area contributed by atoms with Crippen LogP contribution in [0.1, 0.15) is 5.56 Å². The molecule has 0 radical (unpaired) electrons. The molecule has 5 heteroatoms. The van der Waals surface area contributed by atoms with Gasteiger partial charge in [0, 0.05) is 30.7 Å². The van der Waals surface area contributed by atoms with Crippen molar-refractivity contribution in [3.63, 3.8) is 0 Å². The molecule has 2 aromatic rings. The zero-order chi connectivity index (χ0) is 14.1. The lowest BCUT2D eigenvalue weighted by molar-refractivity contribution is 0.0274. The molecule has 1 aliphatic rings. The lowest BCUT2D eigenvalue weighted by atomic mass is 10.0. The number of benzene rings is 1. The Morgan fingerprint density at radius 3 is 3.05 bits per heavy atom. The third-order valence-corrected chi connectivity index (χ3v) is 4.18. The van der Waals surface area contributed by atoms with Crippen LogP contribution in [0.2, 0.25) is 0 Å². The number of aromatic nitrogens is 1. The number of rotatable bonds is 2. The first-order chi connectivity index (χ1) is 9.66. The molecule has 0 spiro atoms. The molecule has 1 aromatic heterocycles. The molecule has 1 fully saturated rings. The summed E-state index contributed by atoms with van der Waals surface area (Å²) in [5, 5.41) is 1.77. The first-order valence-electron chi connectivity index (χ1n) is 6.83. The molecule has 0 saturated carbocycles. The predicted molar refractivity (Wildman–Crippen MR) is 84.7 cm³/mol. The Morgan fingerprint density at radius 1 is 1.45 bits per heavy atom. The number of thiocarbonyl (C=S) groups is 1. The van der Waals surface area contributed by atoms with E-state index in [1.54, 1.807) is 0 Å². The summed E-state index contributed by atoms with van der Waals surface area (Å²) in [6.45, 7) is 2.16. The number of hydrogen-bond acceptors (Lipinski definition) is 2. The molecule has 4 nitrogen and oxygen atoms in total. The maximum atomic E-state index is 5.83. The van der Waals surface area contributed by atoms with E-state index in [4.69, 9.17) is 22.7 Å². The first kappa shape index (κ1) is 13.4. The van der Waals surface area contributed by atoms with Crippen molar-refractivity contribution in [1.29, 1.82) is 0 Å². The lowest BCUT2D eigenvalue weighted by Crippen LogP contribution is -2.51. The van der Waals surface area contributed by atoms with Crippen molar-refractivity contribution in [2.75, 3.05) is 19.8 Å². The minimum Gasteiger partial charge on any atom is -0.377 e. The maximum Gasteiger partial charge on any atom is 0.166 e. The monoisotopic (exact) mass is 289 g/mol. The number of hydrogen-bond donors (Lipinski definition) is 1. The normalized spacial score (nSPS) is 19.4. The van der Waals surface area contributed by atoms with E-state index in [1.165, 1.54) is 16.5 Å². The molecule has 1 atom stereocenters. The average molecular weight is 289 g/mol. The minimum absolute atomic E-state index is 0.229. The van der Waals surface area contributed by atoms with Gasteiger partial charge in [-0.2, -0.15) is 0 Å². The molecule has 2 heterocycles. The number of aryl methyl sites for hydroxylation is 1. The van der Waals surface area contributed by atoms with Gasteiger partial charge >= 0.3 is 0 Å². The van der Waals surface area contributed by atoms with Crippen LogP contribution in [-0.2, 0) is 18.2 Å². The number of fused-ring (bicyclic) bond motifs is 1. The van der Waals surface area contributed by atoms with Gasteiger partial charge in [0.2, 0.25) is 0 Å². The van der Waals surface area contributed by atoms with Crippen molar-refractivity contribution in [2.45, 2.75) is 12.5 Å². The Balaban J connectivity index is 1.90. The topological polar surface area (TPSA) is 43.4 Å². The van der Waals surface area contributed by atoms with Crippen molar-refractivity contribution in [3.05, 3.63) is 36.0 Å². The summed E-state index contributed by atoms with van der Waals surface area (Å²) in [5.41, 5.74) is 8.40. The zero-order valence-electron chi connectivity index (χ0n) is 11.6. The van der Waals surface area contributed by atoms with Gasteiger partial charge in [0.25, 0.3) is 0 Å². The van der Waals surface area contributed by atoms with E-state index < -0.39 is 0 Å².